The van der Waals surface area contributed by atoms with Crippen molar-refractivity contribution in [3.63, 3.8) is 0 Å². The standard InChI is InChI=1S/C18H19NO2S2/c1-13(2)18-19-16(10-22-18)12-23(20,21)11-15-8-5-7-14-6-3-4-9-17(14)15/h3-10,13H,11-12H2,1-2H3. The minimum absolute atomic E-state index is 0.000554. The zero-order valence-electron chi connectivity index (χ0n) is 13.2. The Bertz CT molecular complexity index is 922. The molecule has 3 rings (SSSR count). The summed E-state index contributed by atoms with van der Waals surface area (Å²) in [6.07, 6.45) is 0. The summed E-state index contributed by atoms with van der Waals surface area (Å²) < 4.78 is 25.1. The molecule has 0 saturated carbocycles. The summed E-state index contributed by atoms with van der Waals surface area (Å²) >= 11 is 1.53. The van der Waals surface area contributed by atoms with Gasteiger partial charge in [0.25, 0.3) is 0 Å². The highest BCUT2D eigenvalue weighted by atomic mass is 32.2. The van der Waals surface area contributed by atoms with E-state index in [9.17, 15) is 8.42 Å². The van der Waals surface area contributed by atoms with Crippen LogP contribution >= 0.6 is 11.3 Å². The van der Waals surface area contributed by atoms with E-state index in [4.69, 9.17) is 0 Å². The minimum atomic E-state index is -3.25. The van der Waals surface area contributed by atoms with E-state index in [0.717, 1.165) is 21.3 Å². The maximum Gasteiger partial charge on any atom is 0.160 e. The molecule has 0 aliphatic heterocycles. The number of hydrogen-bond acceptors (Lipinski definition) is 4. The van der Waals surface area contributed by atoms with E-state index in [-0.39, 0.29) is 11.5 Å². The summed E-state index contributed by atoms with van der Waals surface area (Å²) in [4.78, 5) is 4.44. The van der Waals surface area contributed by atoms with Crippen LogP contribution in [0.5, 0.6) is 0 Å². The average Bonchev–Trinajstić information content (AvgIpc) is 2.95. The molecule has 1 heterocycles. The Morgan fingerprint density at radius 2 is 1.78 bits per heavy atom. The first kappa shape index (κ1) is 16.1. The van der Waals surface area contributed by atoms with Crippen molar-refractivity contribution in [2.75, 3.05) is 0 Å². The van der Waals surface area contributed by atoms with Gasteiger partial charge < -0.3 is 0 Å². The summed E-state index contributed by atoms with van der Waals surface area (Å²) in [6, 6.07) is 13.7. The van der Waals surface area contributed by atoms with Crippen LogP contribution in [0, 0.1) is 0 Å². The lowest BCUT2D eigenvalue weighted by molar-refractivity contribution is 0.594. The van der Waals surface area contributed by atoms with Crippen LogP contribution in [0.4, 0.5) is 0 Å². The molecule has 0 bridgehead atoms. The number of sulfone groups is 1. The first-order valence-electron chi connectivity index (χ1n) is 7.56. The lowest BCUT2D eigenvalue weighted by Gasteiger charge is -2.07. The maximum atomic E-state index is 12.6. The third-order valence-electron chi connectivity index (χ3n) is 3.69. The van der Waals surface area contributed by atoms with Gasteiger partial charge in [0.05, 0.1) is 22.2 Å². The Balaban J connectivity index is 1.85. The number of fused-ring (bicyclic) bond motifs is 1. The second-order valence-corrected chi connectivity index (χ2v) is 8.96. The van der Waals surface area contributed by atoms with Crippen LogP contribution in [0.2, 0.25) is 0 Å². The van der Waals surface area contributed by atoms with E-state index in [1.807, 2.05) is 47.8 Å². The molecule has 0 radical (unpaired) electrons. The van der Waals surface area contributed by atoms with Gasteiger partial charge in [-0.3, -0.25) is 0 Å². The fourth-order valence-electron chi connectivity index (χ4n) is 2.59. The van der Waals surface area contributed by atoms with Crippen molar-refractivity contribution in [2.24, 2.45) is 0 Å². The fourth-order valence-corrected chi connectivity index (χ4v) is 4.95. The molecule has 23 heavy (non-hydrogen) atoms. The van der Waals surface area contributed by atoms with Gasteiger partial charge in [-0.25, -0.2) is 13.4 Å². The van der Waals surface area contributed by atoms with Crippen molar-refractivity contribution in [3.8, 4) is 0 Å². The van der Waals surface area contributed by atoms with Gasteiger partial charge in [0.2, 0.25) is 0 Å². The Hall–Kier alpha value is -1.72. The van der Waals surface area contributed by atoms with E-state index in [1.165, 1.54) is 11.3 Å². The molecule has 0 atom stereocenters. The van der Waals surface area contributed by atoms with E-state index in [1.54, 1.807) is 0 Å². The zero-order valence-corrected chi connectivity index (χ0v) is 14.8. The quantitative estimate of drug-likeness (QED) is 0.682. The van der Waals surface area contributed by atoms with Crippen LogP contribution in [0.3, 0.4) is 0 Å². The summed E-state index contributed by atoms with van der Waals surface area (Å²) in [7, 11) is -3.25. The summed E-state index contributed by atoms with van der Waals surface area (Å²) in [5.41, 5.74) is 1.50. The topological polar surface area (TPSA) is 47.0 Å². The van der Waals surface area contributed by atoms with Crippen molar-refractivity contribution >= 4 is 31.9 Å². The molecule has 0 unspecified atom stereocenters. The number of benzene rings is 2. The lowest BCUT2D eigenvalue weighted by Crippen LogP contribution is -2.08. The zero-order chi connectivity index (χ0) is 16.4. The van der Waals surface area contributed by atoms with Crippen molar-refractivity contribution in [1.82, 2.24) is 4.98 Å². The van der Waals surface area contributed by atoms with E-state index in [0.29, 0.717) is 11.6 Å². The molecule has 0 spiro atoms. The van der Waals surface area contributed by atoms with E-state index in [2.05, 4.69) is 18.8 Å². The largest absolute Gasteiger partial charge is 0.245 e. The van der Waals surface area contributed by atoms with Gasteiger partial charge in [0.1, 0.15) is 0 Å². The molecule has 120 valence electrons. The first-order valence-corrected chi connectivity index (χ1v) is 10.3. The number of thiazole rings is 1. The van der Waals surface area contributed by atoms with Crippen molar-refractivity contribution in [2.45, 2.75) is 31.3 Å². The van der Waals surface area contributed by atoms with Crippen LogP contribution < -0.4 is 0 Å². The highest BCUT2D eigenvalue weighted by molar-refractivity contribution is 7.89. The second-order valence-electron chi connectivity index (χ2n) is 6.00. The van der Waals surface area contributed by atoms with Gasteiger partial charge in [0.15, 0.2) is 9.84 Å². The summed E-state index contributed by atoms with van der Waals surface area (Å²) in [6.45, 7) is 4.13. The van der Waals surface area contributed by atoms with Crippen LogP contribution in [-0.4, -0.2) is 13.4 Å². The van der Waals surface area contributed by atoms with E-state index < -0.39 is 9.84 Å². The SMILES string of the molecule is CC(C)c1nc(CS(=O)(=O)Cc2cccc3ccccc23)cs1. The third-order valence-corrected chi connectivity index (χ3v) is 6.37. The van der Waals surface area contributed by atoms with Crippen LogP contribution in [0.15, 0.2) is 47.8 Å². The fraction of sp³-hybridized carbons (Fsp3) is 0.278. The van der Waals surface area contributed by atoms with Gasteiger partial charge in [-0.2, -0.15) is 0 Å². The highest BCUT2D eigenvalue weighted by Gasteiger charge is 2.17. The first-order chi connectivity index (χ1) is 10.9. The molecule has 5 heteroatoms. The van der Waals surface area contributed by atoms with Gasteiger partial charge >= 0.3 is 0 Å². The van der Waals surface area contributed by atoms with Gasteiger partial charge in [-0.15, -0.1) is 11.3 Å². The van der Waals surface area contributed by atoms with Crippen molar-refractivity contribution < 1.29 is 8.42 Å². The van der Waals surface area contributed by atoms with Crippen molar-refractivity contribution in [3.05, 3.63) is 64.1 Å². The van der Waals surface area contributed by atoms with Crippen LogP contribution in [0.1, 0.15) is 36.0 Å². The molecular weight excluding hydrogens is 326 g/mol. The molecule has 0 amide bonds. The van der Waals surface area contributed by atoms with E-state index >= 15 is 0 Å². The molecule has 2 aromatic carbocycles. The minimum Gasteiger partial charge on any atom is -0.245 e. The molecule has 0 fully saturated rings. The Morgan fingerprint density at radius 1 is 1.04 bits per heavy atom. The molecular formula is C18H19NO2S2. The smallest absolute Gasteiger partial charge is 0.160 e. The molecule has 1 aromatic heterocycles. The monoisotopic (exact) mass is 345 g/mol. The number of hydrogen-bond donors (Lipinski definition) is 0. The molecule has 0 N–H and O–H groups in total. The summed E-state index contributed by atoms with van der Waals surface area (Å²) in [5, 5.41) is 4.91. The summed E-state index contributed by atoms with van der Waals surface area (Å²) in [5.74, 6) is 0.372. The molecule has 3 aromatic rings. The average molecular weight is 345 g/mol. The highest BCUT2D eigenvalue weighted by Crippen LogP contribution is 2.24. The molecule has 3 nitrogen and oxygen atoms in total. The lowest BCUT2D eigenvalue weighted by atomic mass is 10.1. The Morgan fingerprint density at radius 3 is 2.52 bits per heavy atom. The second kappa shape index (κ2) is 6.42. The van der Waals surface area contributed by atoms with Gasteiger partial charge in [0, 0.05) is 11.3 Å². The predicted octanol–water partition coefficient (Wildman–Crippen LogP) is 4.53. The number of nitrogens with zero attached hydrogens (tertiary/aromatic N) is 1. The Kier molecular flexibility index (Phi) is 4.50. The molecule has 0 aliphatic carbocycles. The predicted molar refractivity (Wildman–Crippen MR) is 96.5 cm³/mol. The number of aromatic nitrogens is 1. The van der Waals surface area contributed by atoms with Crippen LogP contribution in [0.25, 0.3) is 10.8 Å². The normalized spacial score (nSPS) is 12.1. The molecule has 0 aliphatic rings. The molecule has 0 saturated heterocycles. The van der Waals surface area contributed by atoms with Crippen LogP contribution in [-0.2, 0) is 21.3 Å². The van der Waals surface area contributed by atoms with Gasteiger partial charge in [-0.1, -0.05) is 56.3 Å². The third kappa shape index (κ3) is 3.79. The number of rotatable bonds is 5. The maximum absolute atomic E-state index is 12.6. The van der Waals surface area contributed by atoms with Gasteiger partial charge in [-0.05, 0) is 16.3 Å². The Labute approximate surface area is 140 Å². The van der Waals surface area contributed by atoms with Crippen molar-refractivity contribution in [1.29, 1.82) is 0 Å².